The zero-order valence-electron chi connectivity index (χ0n) is 9.56. The summed E-state index contributed by atoms with van der Waals surface area (Å²) in [5, 5.41) is 13.1. The Kier molecular flexibility index (Phi) is 5.25. The minimum Gasteiger partial charge on any atom is -0.396 e. The summed E-state index contributed by atoms with van der Waals surface area (Å²) < 4.78 is 1.01. The van der Waals surface area contributed by atoms with Crippen LogP contribution in [0.2, 0.25) is 5.02 Å². The monoisotopic (exact) mass is 305 g/mol. The lowest BCUT2D eigenvalue weighted by atomic mass is 10.0. The van der Waals surface area contributed by atoms with Crippen molar-refractivity contribution in [2.24, 2.45) is 0 Å². The van der Waals surface area contributed by atoms with Crippen LogP contribution in [0.4, 0.5) is 0 Å². The Hall–Kier alpha value is -0.0900. The van der Waals surface area contributed by atoms with Crippen molar-refractivity contribution < 1.29 is 5.11 Å². The van der Waals surface area contributed by atoms with Crippen LogP contribution in [0, 0.1) is 0 Å². The maximum absolute atomic E-state index is 8.92. The van der Waals surface area contributed by atoms with Crippen LogP contribution < -0.4 is 5.32 Å². The highest BCUT2D eigenvalue weighted by Gasteiger charge is 2.16. The van der Waals surface area contributed by atoms with E-state index < -0.39 is 0 Å². The molecule has 0 aliphatic rings. The summed E-state index contributed by atoms with van der Waals surface area (Å²) in [7, 11) is 0. The lowest BCUT2D eigenvalue weighted by molar-refractivity contribution is 0.230. The predicted octanol–water partition coefficient (Wildman–Crippen LogP) is 3.35. The zero-order valence-corrected chi connectivity index (χ0v) is 11.9. The Morgan fingerprint density at radius 3 is 2.69 bits per heavy atom. The highest BCUT2D eigenvalue weighted by Crippen LogP contribution is 2.22. The maximum Gasteiger partial charge on any atom is 0.0448 e. The normalized spacial score (nSPS) is 11.8. The van der Waals surface area contributed by atoms with Crippen LogP contribution >= 0.6 is 27.5 Å². The lowest BCUT2D eigenvalue weighted by Crippen LogP contribution is -2.39. The van der Waals surface area contributed by atoms with E-state index >= 15 is 0 Å². The molecule has 16 heavy (non-hydrogen) atoms. The van der Waals surface area contributed by atoms with Crippen molar-refractivity contribution in [2.45, 2.75) is 32.4 Å². The molecule has 0 fully saturated rings. The molecule has 0 atom stereocenters. The number of halogens is 2. The van der Waals surface area contributed by atoms with Gasteiger partial charge >= 0.3 is 0 Å². The number of aliphatic hydroxyl groups excluding tert-OH is 1. The van der Waals surface area contributed by atoms with Crippen molar-refractivity contribution in [2.75, 3.05) is 6.61 Å². The minimum absolute atomic E-state index is 0.0617. The van der Waals surface area contributed by atoms with E-state index in [-0.39, 0.29) is 12.1 Å². The first-order valence-corrected chi connectivity index (χ1v) is 6.41. The van der Waals surface area contributed by atoms with Crippen LogP contribution in [0.1, 0.15) is 25.8 Å². The first-order valence-electron chi connectivity index (χ1n) is 5.24. The smallest absolute Gasteiger partial charge is 0.0448 e. The van der Waals surface area contributed by atoms with Crippen molar-refractivity contribution in [3.05, 3.63) is 33.3 Å². The van der Waals surface area contributed by atoms with E-state index in [0.29, 0.717) is 0 Å². The molecule has 0 heterocycles. The second-order valence-electron chi connectivity index (χ2n) is 4.45. The van der Waals surface area contributed by atoms with Gasteiger partial charge in [-0.15, -0.1) is 0 Å². The summed E-state index contributed by atoms with van der Waals surface area (Å²) in [6.45, 7) is 5.10. The molecule has 2 N–H and O–H groups in total. The van der Waals surface area contributed by atoms with Gasteiger partial charge in [0.25, 0.3) is 0 Å². The van der Waals surface area contributed by atoms with E-state index in [1.54, 1.807) is 0 Å². The largest absolute Gasteiger partial charge is 0.396 e. The van der Waals surface area contributed by atoms with Gasteiger partial charge in [0.15, 0.2) is 0 Å². The summed E-state index contributed by atoms with van der Waals surface area (Å²) in [5.41, 5.74) is 1.10. The Labute approximate surface area is 110 Å². The number of rotatable bonds is 5. The molecule has 0 unspecified atom stereocenters. The molecule has 0 radical (unpaired) electrons. The molecule has 0 spiro atoms. The van der Waals surface area contributed by atoms with E-state index in [0.717, 1.165) is 28.0 Å². The van der Waals surface area contributed by atoms with Gasteiger partial charge in [-0.3, -0.25) is 0 Å². The topological polar surface area (TPSA) is 32.3 Å². The average Bonchev–Trinajstić information content (AvgIpc) is 2.16. The third-order valence-electron chi connectivity index (χ3n) is 2.51. The van der Waals surface area contributed by atoms with Gasteiger partial charge in [-0.1, -0.05) is 33.6 Å². The molecule has 0 saturated heterocycles. The number of nitrogens with one attached hydrogen (secondary N) is 1. The van der Waals surface area contributed by atoms with Crippen molar-refractivity contribution in [3.63, 3.8) is 0 Å². The van der Waals surface area contributed by atoms with Crippen molar-refractivity contribution in [3.8, 4) is 0 Å². The molecule has 1 aromatic carbocycles. The highest BCUT2D eigenvalue weighted by atomic mass is 79.9. The van der Waals surface area contributed by atoms with E-state index in [1.165, 1.54) is 0 Å². The van der Waals surface area contributed by atoms with Gasteiger partial charge in [-0.05, 0) is 38.0 Å². The average molecular weight is 307 g/mol. The molecule has 0 amide bonds. The molecule has 0 aromatic heterocycles. The van der Waals surface area contributed by atoms with Gasteiger partial charge < -0.3 is 10.4 Å². The molecular weight excluding hydrogens is 289 g/mol. The number of hydrogen-bond donors (Lipinski definition) is 2. The molecular formula is C12H17BrClNO. The van der Waals surface area contributed by atoms with Gasteiger partial charge in [0.05, 0.1) is 0 Å². The fraction of sp³-hybridized carbons (Fsp3) is 0.500. The molecule has 90 valence electrons. The molecule has 1 aromatic rings. The molecule has 0 saturated carbocycles. The Bertz CT molecular complexity index is 355. The molecule has 4 heteroatoms. The minimum atomic E-state index is -0.0617. The summed E-state index contributed by atoms with van der Waals surface area (Å²) in [6, 6.07) is 5.76. The van der Waals surface area contributed by atoms with Crippen molar-refractivity contribution >= 4 is 27.5 Å². The summed E-state index contributed by atoms with van der Waals surface area (Å²) in [6.07, 6.45) is 0.734. The van der Waals surface area contributed by atoms with Gasteiger partial charge in [-0.2, -0.15) is 0 Å². The van der Waals surface area contributed by atoms with E-state index in [4.69, 9.17) is 16.7 Å². The standard InChI is InChI=1S/C12H17BrClNO/c1-12(2,5-6-16)15-8-9-3-4-10(14)7-11(9)13/h3-4,7,15-16H,5-6,8H2,1-2H3. The number of aliphatic hydroxyl groups is 1. The molecule has 0 bridgehead atoms. The van der Waals surface area contributed by atoms with Crippen LogP contribution in [0.15, 0.2) is 22.7 Å². The summed E-state index contributed by atoms with van der Waals surface area (Å²) >= 11 is 9.35. The third-order valence-corrected chi connectivity index (χ3v) is 3.48. The first kappa shape index (κ1) is 14.0. The van der Waals surface area contributed by atoms with Gasteiger partial charge in [-0.25, -0.2) is 0 Å². The fourth-order valence-corrected chi connectivity index (χ4v) is 2.19. The first-order chi connectivity index (χ1) is 7.44. The second kappa shape index (κ2) is 6.01. The van der Waals surface area contributed by atoms with E-state index in [9.17, 15) is 0 Å². The van der Waals surface area contributed by atoms with Crippen LogP contribution in [0.3, 0.4) is 0 Å². The SMILES string of the molecule is CC(C)(CCO)NCc1ccc(Cl)cc1Br. The van der Waals surface area contributed by atoms with Crippen molar-refractivity contribution in [1.29, 1.82) is 0 Å². The van der Waals surface area contributed by atoms with Gasteiger partial charge in [0.1, 0.15) is 0 Å². The Morgan fingerprint density at radius 1 is 1.44 bits per heavy atom. The fourth-order valence-electron chi connectivity index (χ4n) is 1.37. The third kappa shape index (κ3) is 4.42. The molecule has 0 aliphatic carbocycles. The molecule has 2 nitrogen and oxygen atoms in total. The van der Waals surface area contributed by atoms with E-state index in [1.807, 2.05) is 18.2 Å². The quantitative estimate of drug-likeness (QED) is 0.874. The van der Waals surface area contributed by atoms with Crippen molar-refractivity contribution in [1.82, 2.24) is 5.32 Å². The number of benzene rings is 1. The lowest BCUT2D eigenvalue weighted by Gasteiger charge is -2.25. The highest BCUT2D eigenvalue weighted by molar-refractivity contribution is 9.10. The van der Waals surface area contributed by atoms with Crippen LogP contribution in [0.5, 0.6) is 0 Å². The summed E-state index contributed by atoms with van der Waals surface area (Å²) in [4.78, 5) is 0. The van der Waals surface area contributed by atoms with Crippen LogP contribution in [0.25, 0.3) is 0 Å². The van der Waals surface area contributed by atoms with E-state index in [2.05, 4.69) is 35.1 Å². The molecule has 1 rings (SSSR count). The summed E-state index contributed by atoms with van der Waals surface area (Å²) in [5.74, 6) is 0. The predicted molar refractivity (Wildman–Crippen MR) is 71.8 cm³/mol. The molecule has 0 aliphatic heterocycles. The van der Waals surface area contributed by atoms with Crippen LogP contribution in [-0.4, -0.2) is 17.3 Å². The zero-order chi connectivity index (χ0) is 12.2. The number of hydrogen-bond acceptors (Lipinski definition) is 2. The van der Waals surface area contributed by atoms with Gasteiger partial charge in [0, 0.05) is 28.2 Å². The van der Waals surface area contributed by atoms with Gasteiger partial charge in [0.2, 0.25) is 0 Å². The maximum atomic E-state index is 8.92. The second-order valence-corrected chi connectivity index (χ2v) is 5.74. The Balaban J connectivity index is 2.61. The van der Waals surface area contributed by atoms with Crippen LogP contribution in [-0.2, 0) is 6.54 Å². The Morgan fingerprint density at radius 2 is 2.12 bits per heavy atom.